The quantitative estimate of drug-likeness (QED) is 0.731. The molecule has 0 aromatic heterocycles. The van der Waals surface area contributed by atoms with Crippen LogP contribution in [-0.2, 0) is 14.3 Å². The number of ether oxygens (including phenoxy) is 2. The van der Waals surface area contributed by atoms with Gasteiger partial charge in [-0.3, -0.25) is 9.69 Å². The van der Waals surface area contributed by atoms with Crippen LogP contribution in [0.3, 0.4) is 0 Å². The lowest BCUT2D eigenvalue weighted by molar-refractivity contribution is -0.146. The number of amides is 1. The summed E-state index contributed by atoms with van der Waals surface area (Å²) >= 11 is 0. The molecular weight excluding hydrogens is 296 g/mol. The Morgan fingerprint density at radius 3 is 2.22 bits per heavy atom. The second-order valence-electron chi connectivity index (χ2n) is 7.68. The molecular formula is C17H26N2O4. The van der Waals surface area contributed by atoms with E-state index in [0.29, 0.717) is 36.5 Å². The van der Waals surface area contributed by atoms with Gasteiger partial charge in [0.15, 0.2) is 0 Å². The molecule has 128 valence electrons. The van der Waals surface area contributed by atoms with E-state index in [0.717, 1.165) is 26.2 Å². The number of hydrogen-bond acceptors (Lipinski definition) is 5. The first-order valence-corrected chi connectivity index (χ1v) is 8.89. The van der Waals surface area contributed by atoms with Gasteiger partial charge >= 0.3 is 12.1 Å². The number of fused-ring (bicyclic) bond motifs is 1. The van der Waals surface area contributed by atoms with Crippen molar-refractivity contribution in [1.29, 1.82) is 0 Å². The Morgan fingerprint density at radius 1 is 1.04 bits per heavy atom. The van der Waals surface area contributed by atoms with Crippen LogP contribution in [0.1, 0.15) is 26.7 Å². The van der Waals surface area contributed by atoms with Gasteiger partial charge in [-0.2, -0.15) is 0 Å². The number of esters is 1. The van der Waals surface area contributed by atoms with Crippen LogP contribution in [0.4, 0.5) is 4.79 Å². The van der Waals surface area contributed by atoms with E-state index in [1.807, 2.05) is 18.7 Å². The summed E-state index contributed by atoms with van der Waals surface area (Å²) in [6, 6.07) is 0.648. The lowest BCUT2D eigenvalue weighted by atomic mass is 9.60. The number of nitrogens with zero attached hydrogens (tertiary/aromatic N) is 2. The number of carbonyl (C=O) groups excluding carboxylic acids is 2. The fraction of sp³-hybridized carbons (Fsp3) is 0.882. The van der Waals surface area contributed by atoms with Crippen LogP contribution in [0.15, 0.2) is 0 Å². The van der Waals surface area contributed by atoms with E-state index in [-0.39, 0.29) is 18.0 Å². The average molecular weight is 322 g/mol. The number of hydrogen-bond donors (Lipinski definition) is 0. The Labute approximate surface area is 137 Å². The largest absolute Gasteiger partial charge is 0.466 e. The number of piperidine rings is 1. The number of carbonyl (C=O) groups is 2. The Balaban J connectivity index is 1.19. The molecule has 2 aliphatic heterocycles. The third kappa shape index (κ3) is 2.42. The zero-order valence-electron chi connectivity index (χ0n) is 14.0. The van der Waals surface area contributed by atoms with E-state index in [1.54, 1.807) is 0 Å². The molecule has 6 heteroatoms. The molecule has 0 aromatic rings. The Hall–Kier alpha value is -1.30. The van der Waals surface area contributed by atoms with Crippen molar-refractivity contribution in [3.05, 3.63) is 0 Å². The normalized spacial score (nSPS) is 34.5. The van der Waals surface area contributed by atoms with E-state index >= 15 is 0 Å². The summed E-state index contributed by atoms with van der Waals surface area (Å²) < 4.78 is 10.2. The lowest BCUT2D eigenvalue weighted by Crippen LogP contribution is -2.67. The van der Waals surface area contributed by atoms with Crippen LogP contribution in [0.2, 0.25) is 0 Å². The summed E-state index contributed by atoms with van der Waals surface area (Å²) in [6.07, 6.45) is 2.21. The molecule has 3 atom stereocenters. The average Bonchev–Trinajstić information content (AvgIpc) is 2.92. The number of rotatable bonds is 4. The summed E-state index contributed by atoms with van der Waals surface area (Å²) in [7, 11) is 0. The van der Waals surface area contributed by atoms with Crippen molar-refractivity contribution >= 4 is 12.1 Å². The molecule has 1 amide bonds. The van der Waals surface area contributed by atoms with Gasteiger partial charge in [-0.15, -0.1) is 0 Å². The molecule has 0 unspecified atom stereocenters. The second kappa shape index (κ2) is 5.36. The molecule has 4 aliphatic rings. The van der Waals surface area contributed by atoms with Gasteiger partial charge in [-0.25, -0.2) is 4.79 Å². The molecule has 0 bridgehead atoms. The summed E-state index contributed by atoms with van der Waals surface area (Å²) in [4.78, 5) is 27.8. The van der Waals surface area contributed by atoms with Gasteiger partial charge in [0.25, 0.3) is 0 Å². The van der Waals surface area contributed by atoms with Crippen molar-refractivity contribution in [2.24, 2.45) is 23.2 Å². The molecule has 0 N–H and O–H groups in total. The molecule has 2 saturated carbocycles. The molecule has 4 rings (SSSR count). The SMILES string of the molecule is CCOC(=O)[C@H]1[C@@H]2CN(C3CC4(C3)CN(C(=O)OCC)C4)C[C@@H]21. The van der Waals surface area contributed by atoms with E-state index in [2.05, 4.69) is 4.90 Å². The van der Waals surface area contributed by atoms with Crippen LogP contribution in [0.5, 0.6) is 0 Å². The first kappa shape index (κ1) is 15.2. The van der Waals surface area contributed by atoms with Gasteiger partial charge < -0.3 is 14.4 Å². The molecule has 0 aromatic carbocycles. The van der Waals surface area contributed by atoms with Gasteiger partial charge in [0.1, 0.15) is 0 Å². The van der Waals surface area contributed by atoms with E-state index in [1.165, 1.54) is 12.8 Å². The molecule has 23 heavy (non-hydrogen) atoms. The predicted molar refractivity (Wildman–Crippen MR) is 82.7 cm³/mol. The summed E-state index contributed by atoms with van der Waals surface area (Å²) in [6.45, 7) is 8.46. The van der Waals surface area contributed by atoms with Gasteiger partial charge in [0.05, 0.1) is 19.1 Å². The molecule has 2 saturated heterocycles. The maximum atomic E-state index is 11.8. The first-order valence-electron chi connectivity index (χ1n) is 8.89. The van der Waals surface area contributed by atoms with Crippen molar-refractivity contribution in [2.75, 3.05) is 39.4 Å². The van der Waals surface area contributed by atoms with E-state index in [4.69, 9.17) is 9.47 Å². The molecule has 2 heterocycles. The van der Waals surface area contributed by atoms with E-state index in [9.17, 15) is 9.59 Å². The summed E-state index contributed by atoms with van der Waals surface area (Å²) in [5.41, 5.74) is 0.352. The Kier molecular flexibility index (Phi) is 3.55. The standard InChI is InChI=1S/C17H26N2O4/c1-3-22-15(20)14-12-7-18(8-13(12)14)11-5-17(6-11)9-19(10-17)16(21)23-4-2/h11-14H,3-10H2,1-2H3/t12-,13+,14+. The van der Waals surface area contributed by atoms with Crippen molar-refractivity contribution < 1.29 is 19.1 Å². The fourth-order valence-electron chi connectivity index (χ4n) is 5.01. The molecule has 0 radical (unpaired) electrons. The second-order valence-corrected chi connectivity index (χ2v) is 7.68. The monoisotopic (exact) mass is 322 g/mol. The highest BCUT2D eigenvalue weighted by atomic mass is 16.6. The topological polar surface area (TPSA) is 59.1 Å². The van der Waals surface area contributed by atoms with Crippen LogP contribution < -0.4 is 0 Å². The maximum Gasteiger partial charge on any atom is 0.409 e. The van der Waals surface area contributed by atoms with Crippen LogP contribution in [-0.4, -0.2) is 67.3 Å². The van der Waals surface area contributed by atoms with Gasteiger partial charge in [-0.05, 0) is 38.5 Å². The minimum absolute atomic E-state index is 0.0105. The lowest BCUT2D eigenvalue weighted by Gasteiger charge is -2.60. The summed E-state index contributed by atoms with van der Waals surface area (Å²) in [5.74, 6) is 1.24. The van der Waals surface area contributed by atoms with Crippen molar-refractivity contribution in [2.45, 2.75) is 32.7 Å². The summed E-state index contributed by atoms with van der Waals surface area (Å²) in [5, 5.41) is 0. The maximum absolute atomic E-state index is 11.8. The van der Waals surface area contributed by atoms with Gasteiger partial charge in [-0.1, -0.05) is 0 Å². The highest BCUT2D eigenvalue weighted by molar-refractivity contribution is 5.77. The van der Waals surface area contributed by atoms with Gasteiger partial charge in [0.2, 0.25) is 0 Å². The van der Waals surface area contributed by atoms with Crippen molar-refractivity contribution in [3.8, 4) is 0 Å². The zero-order chi connectivity index (χ0) is 16.2. The predicted octanol–water partition coefficient (Wildman–Crippen LogP) is 1.35. The Morgan fingerprint density at radius 2 is 1.65 bits per heavy atom. The number of likely N-dealkylation sites (tertiary alicyclic amines) is 2. The van der Waals surface area contributed by atoms with E-state index < -0.39 is 0 Å². The third-order valence-electron chi connectivity index (χ3n) is 6.21. The zero-order valence-corrected chi connectivity index (χ0v) is 14.0. The highest BCUT2D eigenvalue weighted by Crippen LogP contribution is 2.57. The molecule has 2 aliphatic carbocycles. The highest BCUT2D eigenvalue weighted by Gasteiger charge is 2.63. The van der Waals surface area contributed by atoms with Gasteiger partial charge in [0, 0.05) is 37.6 Å². The molecule has 6 nitrogen and oxygen atoms in total. The Bertz CT molecular complexity index is 497. The van der Waals surface area contributed by atoms with Crippen LogP contribution in [0.25, 0.3) is 0 Å². The molecule has 4 fully saturated rings. The first-order chi connectivity index (χ1) is 11.1. The third-order valence-corrected chi connectivity index (χ3v) is 6.21. The fourth-order valence-corrected chi connectivity index (χ4v) is 5.01. The minimum atomic E-state index is -0.165. The minimum Gasteiger partial charge on any atom is -0.466 e. The smallest absolute Gasteiger partial charge is 0.409 e. The van der Waals surface area contributed by atoms with Crippen LogP contribution in [0, 0.1) is 23.2 Å². The van der Waals surface area contributed by atoms with Crippen molar-refractivity contribution in [1.82, 2.24) is 9.80 Å². The molecule has 1 spiro atoms. The van der Waals surface area contributed by atoms with Crippen molar-refractivity contribution in [3.63, 3.8) is 0 Å². The van der Waals surface area contributed by atoms with Crippen LogP contribution >= 0.6 is 0 Å².